The molecule has 2 aromatic rings. The largest absolute Gasteiger partial charge is 0.497 e. The molecule has 0 saturated heterocycles. The first-order chi connectivity index (χ1) is 16.5. The summed E-state index contributed by atoms with van der Waals surface area (Å²) in [5.41, 5.74) is 5.59. The highest BCUT2D eigenvalue weighted by atomic mass is 16.5. The van der Waals surface area contributed by atoms with Gasteiger partial charge < -0.3 is 10.1 Å². The quantitative estimate of drug-likeness (QED) is 0.416. The molecule has 0 aliphatic heterocycles. The van der Waals surface area contributed by atoms with Crippen molar-refractivity contribution in [3.05, 3.63) is 59.7 Å². The molecule has 1 aliphatic rings. The first kappa shape index (κ1) is 25.6. The molecule has 1 atom stereocenters. The van der Waals surface area contributed by atoms with E-state index in [0.29, 0.717) is 18.5 Å². The van der Waals surface area contributed by atoms with Gasteiger partial charge in [0.15, 0.2) is 0 Å². The highest BCUT2D eigenvalue weighted by Gasteiger charge is 2.26. The Hall–Kier alpha value is -3.02. The van der Waals surface area contributed by atoms with Gasteiger partial charge in [0.1, 0.15) is 11.8 Å². The monoisotopic (exact) mass is 465 g/mol. The molecule has 6 nitrogen and oxygen atoms in total. The van der Waals surface area contributed by atoms with Crippen LogP contribution in [0.3, 0.4) is 0 Å². The second-order valence-electron chi connectivity index (χ2n) is 9.25. The third-order valence-electron chi connectivity index (χ3n) is 6.65. The van der Waals surface area contributed by atoms with Crippen LogP contribution in [0, 0.1) is 12.8 Å². The average Bonchev–Trinajstić information content (AvgIpc) is 2.87. The summed E-state index contributed by atoms with van der Waals surface area (Å²) in [6.45, 7) is 4.36. The van der Waals surface area contributed by atoms with Crippen molar-refractivity contribution in [1.29, 1.82) is 0 Å². The summed E-state index contributed by atoms with van der Waals surface area (Å²) in [5.74, 6) is 1.17. The summed E-state index contributed by atoms with van der Waals surface area (Å²) in [4.78, 5) is 26.5. The molecule has 1 fully saturated rings. The Morgan fingerprint density at radius 1 is 1.09 bits per heavy atom. The van der Waals surface area contributed by atoms with Gasteiger partial charge >= 0.3 is 0 Å². The summed E-state index contributed by atoms with van der Waals surface area (Å²) < 4.78 is 5.22. The van der Waals surface area contributed by atoms with Crippen LogP contribution in [0.2, 0.25) is 0 Å². The zero-order chi connectivity index (χ0) is 24.3. The number of hydrogen-bond donors (Lipinski definition) is 2. The van der Waals surface area contributed by atoms with E-state index in [4.69, 9.17) is 4.74 Å². The lowest BCUT2D eigenvalue weighted by molar-refractivity contribution is -0.132. The minimum atomic E-state index is -0.581. The Morgan fingerprint density at radius 3 is 2.47 bits per heavy atom. The van der Waals surface area contributed by atoms with E-state index in [9.17, 15) is 9.59 Å². The molecule has 2 amide bonds. The molecule has 1 unspecified atom stereocenters. The SMILES string of the molecule is CCN(Nc1ccc(OC)cc1)C(=O)C(CCCC1CCCCC1)NC(=O)c1cccc(C)c1. The molecule has 0 heterocycles. The lowest BCUT2D eigenvalue weighted by atomic mass is 9.85. The molecule has 0 bridgehead atoms. The van der Waals surface area contributed by atoms with Gasteiger partial charge in [0.05, 0.1) is 12.8 Å². The fourth-order valence-electron chi connectivity index (χ4n) is 4.67. The van der Waals surface area contributed by atoms with Crippen molar-refractivity contribution in [2.24, 2.45) is 5.92 Å². The Morgan fingerprint density at radius 2 is 1.82 bits per heavy atom. The average molecular weight is 466 g/mol. The van der Waals surface area contributed by atoms with Gasteiger partial charge in [-0.1, -0.05) is 62.6 Å². The molecule has 1 aliphatic carbocycles. The van der Waals surface area contributed by atoms with Gasteiger partial charge in [0, 0.05) is 12.1 Å². The number of carbonyl (C=O) groups excluding carboxylic acids is 2. The molecule has 0 aromatic heterocycles. The highest BCUT2D eigenvalue weighted by Crippen LogP contribution is 2.28. The van der Waals surface area contributed by atoms with Gasteiger partial charge in [0.25, 0.3) is 11.8 Å². The summed E-state index contributed by atoms with van der Waals surface area (Å²) in [6.07, 6.45) is 9.21. The Labute approximate surface area is 204 Å². The van der Waals surface area contributed by atoms with Gasteiger partial charge in [-0.2, -0.15) is 0 Å². The van der Waals surface area contributed by atoms with Crippen LogP contribution in [0.5, 0.6) is 5.75 Å². The molecular weight excluding hydrogens is 426 g/mol. The van der Waals surface area contributed by atoms with Crippen molar-refractivity contribution < 1.29 is 14.3 Å². The number of carbonyl (C=O) groups is 2. The maximum absolute atomic E-state index is 13.5. The van der Waals surface area contributed by atoms with Crippen LogP contribution in [0.25, 0.3) is 0 Å². The minimum Gasteiger partial charge on any atom is -0.497 e. The number of nitrogens with zero attached hydrogens (tertiary/aromatic N) is 1. The number of rotatable bonds is 11. The molecule has 0 radical (unpaired) electrons. The standard InChI is InChI=1S/C28H39N3O3/c1-4-31(30-24-16-18-25(34-3)19-17-24)28(33)26(15-9-13-22-11-6-5-7-12-22)29-27(32)23-14-8-10-21(2)20-23/h8,10,14,16-20,22,26,30H,4-7,9,11-13,15H2,1-3H3,(H,29,32). The molecular formula is C28H39N3O3. The van der Waals surface area contributed by atoms with E-state index in [1.807, 2.05) is 56.3 Å². The Bertz CT molecular complexity index is 923. The second kappa shape index (κ2) is 13.0. The summed E-state index contributed by atoms with van der Waals surface area (Å²) >= 11 is 0. The van der Waals surface area contributed by atoms with Gasteiger partial charge in [-0.15, -0.1) is 0 Å². The third kappa shape index (κ3) is 7.51. The van der Waals surface area contributed by atoms with Crippen molar-refractivity contribution >= 4 is 17.5 Å². The Balaban J connectivity index is 1.69. The van der Waals surface area contributed by atoms with Crippen molar-refractivity contribution in [3.8, 4) is 5.75 Å². The van der Waals surface area contributed by atoms with Crippen molar-refractivity contribution in [3.63, 3.8) is 0 Å². The fourth-order valence-corrected chi connectivity index (χ4v) is 4.67. The third-order valence-corrected chi connectivity index (χ3v) is 6.65. The maximum atomic E-state index is 13.5. The van der Waals surface area contributed by atoms with Crippen LogP contribution in [0.4, 0.5) is 5.69 Å². The topological polar surface area (TPSA) is 70.7 Å². The van der Waals surface area contributed by atoms with Crippen LogP contribution >= 0.6 is 0 Å². The molecule has 2 N–H and O–H groups in total. The predicted molar refractivity (Wildman–Crippen MR) is 137 cm³/mol. The summed E-state index contributed by atoms with van der Waals surface area (Å²) in [7, 11) is 1.62. The first-order valence-corrected chi connectivity index (χ1v) is 12.6. The predicted octanol–water partition coefficient (Wildman–Crippen LogP) is 5.73. The number of hydrogen-bond acceptors (Lipinski definition) is 4. The molecule has 0 spiro atoms. The summed E-state index contributed by atoms with van der Waals surface area (Å²) in [5, 5.41) is 4.61. The van der Waals surface area contributed by atoms with Crippen molar-refractivity contribution in [1.82, 2.24) is 10.3 Å². The number of methoxy groups -OCH3 is 1. The number of anilines is 1. The molecule has 3 rings (SSSR count). The molecule has 1 saturated carbocycles. The first-order valence-electron chi connectivity index (χ1n) is 12.6. The number of aryl methyl sites for hydroxylation is 1. The number of ether oxygens (including phenoxy) is 1. The number of amides is 2. The van der Waals surface area contributed by atoms with Crippen molar-refractivity contribution in [2.45, 2.75) is 71.3 Å². The van der Waals surface area contributed by atoms with Crippen LogP contribution in [-0.4, -0.2) is 36.5 Å². The maximum Gasteiger partial charge on any atom is 0.263 e. The fraction of sp³-hybridized carbons (Fsp3) is 0.500. The number of likely N-dealkylation sites (N-methyl/N-ethyl adjacent to an activating group) is 1. The summed E-state index contributed by atoms with van der Waals surface area (Å²) in [6, 6.07) is 14.3. The van der Waals surface area contributed by atoms with Gasteiger partial charge in [0.2, 0.25) is 0 Å². The lowest BCUT2D eigenvalue weighted by Crippen LogP contribution is -2.50. The van der Waals surface area contributed by atoms with E-state index in [1.165, 1.54) is 32.1 Å². The molecule has 2 aromatic carbocycles. The van der Waals surface area contributed by atoms with Crippen LogP contribution < -0.4 is 15.5 Å². The zero-order valence-electron chi connectivity index (χ0n) is 20.8. The van der Waals surface area contributed by atoms with Gasteiger partial charge in [-0.05, 0) is 62.6 Å². The van der Waals surface area contributed by atoms with Crippen LogP contribution in [0.1, 0.15) is 74.2 Å². The lowest BCUT2D eigenvalue weighted by Gasteiger charge is -2.29. The number of benzene rings is 2. The molecule has 184 valence electrons. The van der Waals surface area contributed by atoms with Crippen LogP contribution in [-0.2, 0) is 4.79 Å². The van der Waals surface area contributed by atoms with E-state index < -0.39 is 6.04 Å². The van der Waals surface area contributed by atoms with Gasteiger partial charge in [-0.25, -0.2) is 0 Å². The molecule has 34 heavy (non-hydrogen) atoms. The zero-order valence-corrected chi connectivity index (χ0v) is 20.8. The van der Waals surface area contributed by atoms with E-state index >= 15 is 0 Å². The van der Waals surface area contributed by atoms with E-state index in [2.05, 4.69) is 10.7 Å². The normalized spacial score (nSPS) is 14.8. The second-order valence-corrected chi connectivity index (χ2v) is 9.25. The number of hydrazine groups is 1. The minimum absolute atomic E-state index is 0.122. The van der Waals surface area contributed by atoms with Crippen molar-refractivity contribution in [2.75, 3.05) is 19.1 Å². The van der Waals surface area contributed by atoms with E-state index in [-0.39, 0.29) is 11.8 Å². The number of nitrogens with one attached hydrogen (secondary N) is 2. The highest BCUT2D eigenvalue weighted by molar-refractivity contribution is 5.97. The van der Waals surface area contributed by atoms with E-state index in [0.717, 1.165) is 35.8 Å². The molecule has 6 heteroatoms. The smallest absolute Gasteiger partial charge is 0.263 e. The Kier molecular flexibility index (Phi) is 9.80. The van der Waals surface area contributed by atoms with Crippen LogP contribution in [0.15, 0.2) is 48.5 Å². The van der Waals surface area contributed by atoms with E-state index in [1.54, 1.807) is 18.2 Å². The van der Waals surface area contributed by atoms with Gasteiger partial charge in [-0.3, -0.25) is 20.0 Å².